The first-order valence-electron chi connectivity index (χ1n) is 14.4. The van der Waals surface area contributed by atoms with E-state index in [0.29, 0.717) is 45.2 Å². The molecule has 1 atom stereocenters. The van der Waals surface area contributed by atoms with Crippen LogP contribution in [0.2, 0.25) is 0 Å². The van der Waals surface area contributed by atoms with Crippen LogP contribution < -0.4 is 29.3 Å². The summed E-state index contributed by atoms with van der Waals surface area (Å²) in [5.41, 5.74) is 1.67. The van der Waals surface area contributed by atoms with Gasteiger partial charge in [-0.1, -0.05) is 24.3 Å². The molecule has 0 radical (unpaired) electrons. The van der Waals surface area contributed by atoms with Crippen molar-refractivity contribution in [3.8, 4) is 23.0 Å². The van der Waals surface area contributed by atoms with E-state index in [9.17, 15) is 29.4 Å². The number of fused-ring (bicyclic) bond motifs is 2. The summed E-state index contributed by atoms with van der Waals surface area (Å²) in [6.45, 7) is 0. The summed E-state index contributed by atoms with van der Waals surface area (Å²) in [6.07, 6.45) is -0.401. The number of hydrogen-bond donors (Lipinski definition) is 3. The molecule has 5 aromatic rings. The molecule has 14 heteroatoms. The van der Waals surface area contributed by atoms with Gasteiger partial charge >= 0.3 is 12.2 Å². The Bertz CT molecular complexity index is 2040. The van der Waals surface area contributed by atoms with Gasteiger partial charge in [0.1, 0.15) is 23.2 Å². The second-order valence-electron chi connectivity index (χ2n) is 10.5. The first-order chi connectivity index (χ1) is 23.2. The lowest BCUT2D eigenvalue weighted by molar-refractivity contribution is -0.130. The molecule has 0 saturated carbocycles. The summed E-state index contributed by atoms with van der Waals surface area (Å²) in [6, 6.07) is 20.9. The predicted octanol–water partition coefficient (Wildman–Crippen LogP) is 6.08. The van der Waals surface area contributed by atoms with Crippen LogP contribution in [-0.4, -0.2) is 58.4 Å². The molecule has 3 heterocycles. The number of para-hydroxylation sites is 1. The van der Waals surface area contributed by atoms with Crippen molar-refractivity contribution in [1.29, 1.82) is 0 Å². The zero-order valence-corrected chi connectivity index (χ0v) is 25.5. The Hall–Kier alpha value is -6.70. The SMILES string of the molecule is COc1cc2nccc(Oc3ccc(NC(=O)C4Cc5ccc(N(C(=O)O)C(=O)O)cc5N(c5ccccc5)C4=O)nc3)c2cc1OC. The number of ether oxygens (including phenoxy) is 3. The number of aromatic nitrogens is 2. The summed E-state index contributed by atoms with van der Waals surface area (Å²) in [5.74, 6) is -0.300. The van der Waals surface area contributed by atoms with E-state index in [1.165, 1.54) is 49.6 Å². The lowest BCUT2D eigenvalue weighted by Crippen LogP contribution is -2.44. The lowest BCUT2D eigenvalue weighted by Gasteiger charge is -2.34. The number of rotatable bonds is 8. The number of pyridine rings is 2. The second-order valence-corrected chi connectivity index (χ2v) is 10.5. The average Bonchev–Trinajstić information content (AvgIpc) is 3.08. The minimum atomic E-state index is -1.70. The van der Waals surface area contributed by atoms with Gasteiger partial charge in [-0.25, -0.2) is 14.6 Å². The van der Waals surface area contributed by atoms with Crippen molar-refractivity contribution in [1.82, 2.24) is 9.97 Å². The third kappa shape index (κ3) is 5.97. The standard InChI is InChI=1S/C34H27N5O9/c1-46-28-16-23-25(17-29(28)47-2)35-13-12-27(23)48-22-10-11-30(36-18-22)37-31(40)24-14-19-8-9-21(39(33(42)43)34(44)45)15-26(19)38(32(24)41)20-6-4-3-5-7-20/h3-13,15-18,24H,14H2,1-2H3,(H,42,43)(H,44,45)(H,36,37,40). The van der Waals surface area contributed by atoms with Crippen molar-refractivity contribution < 1.29 is 43.6 Å². The third-order valence-electron chi connectivity index (χ3n) is 7.65. The fourth-order valence-electron chi connectivity index (χ4n) is 5.40. The normalized spacial score (nSPS) is 13.8. The van der Waals surface area contributed by atoms with Gasteiger partial charge in [0, 0.05) is 23.3 Å². The number of benzene rings is 3. The van der Waals surface area contributed by atoms with Crippen LogP contribution in [0.3, 0.4) is 0 Å². The van der Waals surface area contributed by atoms with Gasteiger partial charge in [-0.15, -0.1) is 0 Å². The quantitative estimate of drug-likeness (QED) is 0.166. The molecular formula is C34H27N5O9. The van der Waals surface area contributed by atoms with Crippen LogP contribution in [-0.2, 0) is 16.0 Å². The van der Waals surface area contributed by atoms with Crippen LogP contribution in [0.1, 0.15) is 5.56 Å². The van der Waals surface area contributed by atoms with E-state index in [0.717, 1.165) is 0 Å². The second kappa shape index (κ2) is 13.0. The molecular weight excluding hydrogens is 622 g/mol. The van der Waals surface area contributed by atoms with Gasteiger partial charge in [-0.3, -0.25) is 19.5 Å². The highest BCUT2D eigenvalue weighted by Crippen LogP contribution is 2.40. The predicted molar refractivity (Wildman–Crippen MR) is 174 cm³/mol. The van der Waals surface area contributed by atoms with Gasteiger partial charge in [0.15, 0.2) is 11.5 Å². The van der Waals surface area contributed by atoms with Crippen molar-refractivity contribution in [2.24, 2.45) is 5.92 Å². The van der Waals surface area contributed by atoms with Crippen molar-refractivity contribution in [3.63, 3.8) is 0 Å². The van der Waals surface area contributed by atoms with Gasteiger partial charge in [0.05, 0.1) is 37.3 Å². The van der Waals surface area contributed by atoms with Gasteiger partial charge in [-0.05, 0) is 60.5 Å². The Morgan fingerprint density at radius 1 is 0.875 bits per heavy atom. The summed E-state index contributed by atoms with van der Waals surface area (Å²) >= 11 is 0. The zero-order valence-electron chi connectivity index (χ0n) is 25.5. The number of amides is 4. The highest BCUT2D eigenvalue weighted by atomic mass is 16.5. The number of methoxy groups -OCH3 is 2. The number of carboxylic acid groups (broad SMARTS) is 2. The first kappa shape index (κ1) is 31.3. The number of carbonyl (C=O) groups is 4. The van der Waals surface area contributed by atoms with Crippen LogP contribution in [0.5, 0.6) is 23.0 Å². The van der Waals surface area contributed by atoms with E-state index in [-0.39, 0.29) is 28.5 Å². The summed E-state index contributed by atoms with van der Waals surface area (Å²) < 4.78 is 16.8. The maximum absolute atomic E-state index is 13.9. The summed E-state index contributed by atoms with van der Waals surface area (Å²) in [4.78, 5) is 60.8. The van der Waals surface area contributed by atoms with Gasteiger partial charge in [0.2, 0.25) is 11.8 Å². The van der Waals surface area contributed by atoms with Crippen molar-refractivity contribution in [2.75, 3.05) is 29.3 Å². The number of hydrogen-bond acceptors (Lipinski definition) is 9. The maximum atomic E-state index is 13.9. The Balaban J connectivity index is 1.24. The van der Waals surface area contributed by atoms with Gasteiger partial charge < -0.3 is 29.7 Å². The van der Waals surface area contributed by atoms with E-state index >= 15 is 0 Å². The first-order valence-corrected chi connectivity index (χ1v) is 14.4. The number of carbonyl (C=O) groups excluding carboxylic acids is 2. The third-order valence-corrected chi connectivity index (χ3v) is 7.65. The van der Waals surface area contributed by atoms with E-state index in [2.05, 4.69) is 15.3 Å². The van der Waals surface area contributed by atoms with E-state index in [1.807, 2.05) is 0 Å². The maximum Gasteiger partial charge on any atom is 0.421 e. The van der Waals surface area contributed by atoms with Crippen molar-refractivity contribution in [2.45, 2.75) is 6.42 Å². The molecule has 14 nitrogen and oxygen atoms in total. The molecule has 0 spiro atoms. The molecule has 1 unspecified atom stereocenters. The average molecular weight is 650 g/mol. The fraction of sp³-hybridized carbons (Fsp3) is 0.118. The minimum absolute atomic E-state index is 0.0195. The van der Waals surface area contributed by atoms with Gasteiger partial charge in [0.25, 0.3) is 0 Å². The zero-order chi connectivity index (χ0) is 33.9. The summed E-state index contributed by atoms with van der Waals surface area (Å²) in [5, 5.41) is 22.3. The number of nitrogens with one attached hydrogen (secondary N) is 1. The van der Waals surface area contributed by atoms with Crippen LogP contribution in [0, 0.1) is 5.92 Å². The molecule has 0 fully saturated rings. The van der Waals surface area contributed by atoms with Crippen molar-refractivity contribution in [3.05, 3.63) is 96.8 Å². The molecule has 0 saturated heterocycles. The molecule has 0 aliphatic carbocycles. The van der Waals surface area contributed by atoms with E-state index < -0.39 is 29.9 Å². The van der Waals surface area contributed by atoms with Crippen molar-refractivity contribution >= 4 is 57.8 Å². The van der Waals surface area contributed by atoms with Crippen LogP contribution >= 0.6 is 0 Å². The van der Waals surface area contributed by atoms with Crippen LogP contribution in [0.15, 0.2) is 91.3 Å². The molecule has 4 amide bonds. The molecule has 1 aliphatic rings. The number of imide groups is 1. The monoisotopic (exact) mass is 649 g/mol. The molecule has 1 aliphatic heterocycles. The lowest BCUT2D eigenvalue weighted by atomic mass is 9.90. The Labute approximate surface area is 272 Å². The van der Waals surface area contributed by atoms with Gasteiger partial charge in [-0.2, -0.15) is 4.90 Å². The Kier molecular flexibility index (Phi) is 8.45. The fourth-order valence-corrected chi connectivity index (χ4v) is 5.40. The molecule has 0 bridgehead atoms. The topological polar surface area (TPSA) is 181 Å². The molecule has 2 aromatic heterocycles. The molecule has 3 N–H and O–H groups in total. The Morgan fingerprint density at radius 2 is 1.60 bits per heavy atom. The number of anilines is 4. The highest BCUT2D eigenvalue weighted by Gasteiger charge is 2.39. The molecule has 6 rings (SSSR count). The smallest absolute Gasteiger partial charge is 0.421 e. The summed E-state index contributed by atoms with van der Waals surface area (Å²) in [7, 11) is 3.07. The molecule has 242 valence electrons. The molecule has 3 aromatic carbocycles. The number of nitrogens with zero attached hydrogens (tertiary/aromatic N) is 4. The van der Waals surface area contributed by atoms with Crippen LogP contribution in [0.4, 0.5) is 32.5 Å². The Morgan fingerprint density at radius 3 is 2.27 bits per heavy atom. The largest absolute Gasteiger partial charge is 0.493 e. The highest BCUT2D eigenvalue weighted by molar-refractivity contribution is 6.17. The minimum Gasteiger partial charge on any atom is -0.493 e. The van der Waals surface area contributed by atoms with E-state index in [4.69, 9.17) is 14.2 Å². The van der Waals surface area contributed by atoms with E-state index in [1.54, 1.807) is 60.8 Å². The van der Waals surface area contributed by atoms with Crippen LogP contribution in [0.25, 0.3) is 10.9 Å². The molecule has 48 heavy (non-hydrogen) atoms.